The van der Waals surface area contributed by atoms with Gasteiger partial charge in [-0.05, 0) is 57.6 Å². The second kappa shape index (κ2) is 4.09. The number of halogens is 1. The molecule has 1 heterocycles. The zero-order valence-corrected chi connectivity index (χ0v) is 11.2. The van der Waals surface area contributed by atoms with Crippen molar-refractivity contribution in [3.8, 4) is 0 Å². The Morgan fingerprint density at radius 2 is 2.00 bits per heavy atom. The largest absolute Gasteiger partial charge is 0.344 e. The van der Waals surface area contributed by atoms with Gasteiger partial charge in [-0.25, -0.2) is 4.39 Å². The molecule has 1 aromatic carbocycles. The van der Waals surface area contributed by atoms with E-state index >= 15 is 0 Å². The van der Waals surface area contributed by atoms with Crippen LogP contribution >= 0.6 is 0 Å². The standard InChI is InChI=1S/C15H19FN2/c1-10-6-12(16)7-11-4-5-18(15(10)11)14-8-13(9-14)17(2)3/h4-7,13-14H,8-9H2,1-3H3. The van der Waals surface area contributed by atoms with E-state index in [1.807, 2.05) is 13.0 Å². The van der Waals surface area contributed by atoms with E-state index in [-0.39, 0.29) is 5.82 Å². The molecular formula is C15H19FN2. The Kier molecular flexibility index (Phi) is 2.67. The normalized spacial score (nSPS) is 23.6. The van der Waals surface area contributed by atoms with E-state index in [9.17, 15) is 4.39 Å². The van der Waals surface area contributed by atoms with Crippen LogP contribution in [0.15, 0.2) is 24.4 Å². The molecule has 1 aliphatic carbocycles. The van der Waals surface area contributed by atoms with Gasteiger partial charge in [0, 0.05) is 23.7 Å². The first-order chi connectivity index (χ1) is 8.56. The minimum atomic E-state index is -0.141. The van der Waals surface area contributed by atoms with Crippen molar-refractivity contribution in [2.24, 2.45) is 0 Å². The van der Waals surface area contributed by atoms with E-state index in [1.165, 1.54) is 18.4 Å². The van der Waals surface area contributed by atoms with Crippen LogP contribution in [0.1, 0.15) is 24.4 Å². The summed E-state index contributed by atoms with van der Waals surface area (Å²) in [6, 6.07) is 6.53. The molecule has 0 saturated heterocycles. The van der Waals surface area contributed by atoms with Gasteiger partial charge in [0.05, 0.1) is 5.52 Å². The molecule has 0 spiro atoms. The predicted octanol–water partition coefficient (Wildman–Crippen LogP) is 3.35. The fourth-order valence-corrected chi connectivity index (χ4v) is 2.99. The Bertz CT molecular complexity index is 579. The average Bonchev–Trinajstić information content (AvgIpc) is 2.58. The Morgan fingerprint density at radius 3 is 2.67 bits per heavy atom. The highest BCUT2D eigenvalue weighted by Crippen LogP contribution is 2.38. The van der Waals surface area contributed by atoms with Crippen LogP contribution in [0.3, 0.4) is 0 Å². The first-order valence-electron chi connectivity index (χ1n) is 6.49. The van der Waals surface area contributed by atoms with E-state index in [2.05, 4.69) is 29.8 Å². The lowest BCUT2D eigenvalue weighted by Crippen LogP contribution is -2.41. The average molecular weight is 246 g/mol. The quantitative estimate of drug-likeness (QED) is 0.789. The van der Waals surface area contributed by atoms with E-state index in [4.69, 9.17) is 0 Å². The van der Waals surface area contributed by atoms with Crippen LogP contribution < -0.4 is 0 Å². The summed E-state index contributed by atoms with van der Waals surface area (Å²) < 4.78 is 15.7. The van der Waals surface area contributed by atoms with Crippen LogP contribution in [0.2, 0.25) is 0 Å². The van der Waals surface area contributed by atoms with E-state index < -0.39 is 0 Å². The SMILES string of the molecule is Cc1cc(F)cc2ccn(C3CC(N(C)C)C3)c12. The van der Waals surface area contributed by atoms with Crippen molar-refractivity contribution in [1.82, 2.24) is 9.47 Å². The molecule has 3 heteroatoms. The first kappa shape index (κ1) is 11.7. The maximum Gasteiger partial charge on any atom is 0.124 e. The van der Waals surface area contributed by atoms with Gasteiger partial charge in [0.15, 0.2) is 0 Å². The number of nitrogens with zero attached hydrogens (tertiary/aromatic N) is 2. The first-order valence-corrected chi connectivity index (χ1v) is 6.49. The smallest absolute Gasteiger partial charge is 0.124 e. The van der Waals surface area contributed by atoms with E-state index in [0.29, 0.717) is 12.1 Å². The van der Waals surface area contributed by atoms with Crippen LogP contribution in [0.25, 0.3) is 10.9 Å². The lowest BCUT2D eigenvalue weighted by Gasteiger charge is -2.40. The maximum atomic E-state index is 13.4. The monoisotopic (exact) mass is 246 g/mol. The van der Waals surface area contributed by atoms with E-state index in [0.717, 1.165) is 10.9 Å². The molecule has 1 saturated carbocycles. The summed E-state index contributed by atoms with van der Waals surface area (Å²) in [4.78, 5) is 2.29. The van der Waals surface area contributed by atoms with Crippen molar-refractivity contribution < 1.29 is 4.39 Å². The molecule has 1 aliphatic rings. The number of aryl methyl sites for hydroxylation is 1. The van der Waals surface area contributed by atoms with Crippen LogP contribution in [-0.2, 0) is 0 Å². The predicted molar refractivity (Wildman–Crippen MR) is 72.4 cm³/mol. The lowest BCUT2D eigenvalue weighted by atomic mass is 9.85. The molecular weight excluding hydrogens is 227 g/mol. The van der Waals surface area contributed by atoms with Crippen molar-refractivity contribution in [2.75, 3.05) is 14.1 Å². The molecule has 0 aliphatic heterocycles. The summed E-state index contributed by atoms with van der Waals surface area (Å²) in [5.41, 5.74) is 2.22. The van der Waals surface area contributed by atoms with Crippen molar-refractivity contribution in [3.63, 3.8) is 0 Å². The number of aromatic nitrogens is 1. The number of hydrogen-bond acceptors (Lipinski definition) is 1. The van der Waals surface area contributed by atoms with Crippen LogP contribution in [0, 0.1) is 12.7 Å². The summed E-state index contributed by atoms with van der Waals surface area (Å²) in [5, 5.41) is 1.01. The minimum Gasteiger partial charge on any atom is -0.344 e. The third kappa shape index (κ3) is 1.74. The van der Waals surface area contributed by atoms with Crippen molar-refractivity contribution in [1.29, 1.82) is 0 Å². The molecule has 2 aromatic rings. The highest BCUT2D eigenvalue weighted by atomic mass is 19.1. The second-order valence-corrected chi connectivity index (χ2v) is 5.63. The third-order valence-corrected chi connectivity index (χ3v) is 4.18. The summed E-state index contributed by atoms with van der Waals surface area (Å²) in [6.07, 6.45) is 4.48. The molecule has 0 bridgehead atoms. The summed E-state index contributed by atoms with van der Waals surface area (Å²) in [5.74, 6) is -0.141. The van der Waals surface area contributed by atoms with Gasteiger partial charge in [0.2, 0.25) is 0 Å². The number of hydrogen-bond donors (Lipinski definition) is 0. The van der Waals surface area contributed by atoms with Gasteiger partial charge in [-0.2, -0.15) is 0 Å². The zero-order valence-electron chi connectivity index (χ0n) is 11.2. The maximum absolute atomic E-state index is 13.4. The molecule has 18 heavy (non-hydrogen) atoms. The zero-order chi connectivity index (χ0) is 12.9. The second-order valence-electron chi connectivity index (χ2n) is 5.63. The van der Waals surface area contributed by atoms with Crippen molar-refractivity contribution in [3.05, 3.63) is 35.8 Å². The molecule has 0 N–H and O–H groups in total. The molecule has 1 fully saturated rings. The van der Waals surface area contributed by atoms with Crippen LogP contribution in [0.5, 0.6) is 0 Å². The summed E-state index contributed by atoms with van der Waals surface area (Å²) >= 11 is 0. The molecule has 3 rings (SSSR count). The Balaban J connectivity index is 1.95. The fourth-order valence-electron chi connectivity index (χ4n) is 2.99. The van der Waals surface area contributed by atoms with Gasteiger partial charge in [0.1, 0.15) is 5.82 Å². The Labute approximate surface area is 107 Å². The van der Waals surface area contributed by atoms with Gasteiger partial charge < -0.3 is 9.47 Å². The Hall–Kier alpha value is -1.35. The van der Waals surface area contributed by atoms with Gasteiger partial charge in [-0.1, -0.05) is 0 Å². The summed E-state index contributed by atoms with van der Waals surface area (Å²) in [7, 11) is 4.27. The van der Waals surface area contributed by atoms with Crippen LogP contribution in [0.4, 0.5) is 4.39 Å². The van der Waals surface area contributed by atoms with E-state index in [1.54, 1.807) is 12.1 Å². The molecule has 96 valence electrons. The highest BCUT2D eigenvalue weighted by Gasteiger charge is 2.32. The number of rotatable bonds is 2. The lowest BCUT2D eigenvalue weighted by molar-refractivity contribution is 0.132. The van der Waals surface area contributed by atoms with Gasteiger partial charge in [-0.15, -0.1) is 0 Å². The number of benzene rings is 1. The molecule has 0 unspecified atom stereocenters. The topological polar surface area (TPSA) is 8.17 Å². The van der Waals surface area contributed by atoms with Gasteiger partial charge in [0.25, 0.3) is 0 Å². The van der Waals surface area contributed by atoms with Crippen molar-refractivity contribution in [2.45, 2.75) is 31.8 Å². The highest BCUT2D eigenvalue weighted by molar-refractivity contribution is 5.83. The Morgan fingerprint density at radius 1 is 1.28 bits per heavy atom. The summed E-state index contributed by atoms with van der Waals surface area (Å²) in [6.45, 7) is 1.99. The molecule has 0 atom stereocenters. The minimum absolute atomic E-state index is 0.141. The van der Waals surface area contributed by atoms with Gasteiger partial charge >= 0.3 is 0 Å². The van der Waals surface area contributed by atoms with Crippen molar-refractivity contribution >= 4 is 10.9 Å². The molecule has 0 radical (unpaired) electrons. The molecule has 2 nitrogen and oxygen atoms in total. The third-order valence-electron chi connectivity index (χ3n) is 4.18. The van der Waals surface area contributed by atoms with Gasteiger partial charge in [-0.3, -0.25) is 0 Å². The van der Waals surface area contributed by atoms with Crippen LogP contribution in [-0.4, -0.2) is 29.6 Å². The number of fused-ring (bicyclic) bond motifs is 1. The molecule has 0 amide bonds. The fraction of sp³-hybridized carbons (Fsp3) is 0.467. The molecule has 1 aromatic heterocycles.